The number of pyridine rings is 1. The number of ether oxygens (including phenoxy) is 1. The summed E-state index contributed by atoms with van der Waals surface area (Å²) in [5, 5.41) is 3.20. The molecule has 0 radical (unpaired) electrons. The summed E-state index contributed by atoms with van der Waals surface area (Å²) in [4.78, 5) is 6.69. The molecule has 0 amide bonds. The monoisotopic (exact) mass is 263 g/mol. The van der Waals surface area contributed by atoms with Crippen molar-refractivity contribution in [2.75, 3.05) is 32.1 Å². The quantitative estimate of drug-likeness (QED) is 0.883. The average molecular weight is 263 g/mol. The van der Waals surface area contributed by atoms with Gasteiger partial charge in [-0.2, -0.15) is 0 Å². The molecule has 0 spiro atoms. The summed E-state index contributed by atoms with van der Waals surface area (Å²) in [7, 11) is 4.11. The van der Waals surface area contributed by atoms with Crippen LogP contribution in [0.15, 0.2) is 12.3 Å². The molecule has 0 saturated carbocycles. The molecule has 4 nitrogen and oxygen atoms in total. The van der Waals surface area contributed by atoms with Gasteiger partial charge in [0.1, 0.15) is 0 Å². The van der Waals surface area contributed by atoms with Crippen LogP contribution in [0.25, 0.3) is 0 Å². The summed E-state index contributed by atoms with van der Waals surface area (Å²) < 4.78 is 5.83. The molecule has 0 aromatic carbocycles. The maximum Gasteiger partial charge on any atom is 0.0749 e. The molecule has 1 aliphatic heterocycles. The first kappa shape index (κ1) is 14.3. The van der Waals surface area contributed by atoms with E-state index in [4.69, 9.17) is 4.74 Å². The van der Waals surface area contributed by atoms with Crippen molar-refractivity contribution in [3.63, 3.8) is 0 Å². The Morgan fingerprint density at radius 1 is 1.47 bits per heavy atom. The molecule has 106 valence electrons. The smallest absolute Gasteiger partial charge is 0.0749 e. The van der Waals surface area contributed by atoms with E-state index in [-0.39, 0.29) is 0 Å². The Kier molecular flexibility index (Phi) is 5.16. The van der Waals surface area contributed by atoms with Gasteiger partial charge in [0.05, 0.1) is 6.10 Å². The number of hydrogen-bond donors (Lipinski definition) is 1. The SMILES string of the molecule is CNCc1cnc(C)cc1N(C)CC1CCCCO1. The van der Waals surface area contributed by atoms with Crippen LogP contribution in [0.1, 0.15) is 30.5 Å². The van der Waals surface area contributed by atoms with Gasteiger partial charge in [0, 0.05) is 49.9 Å². The highest BCUT2D eigenvalue weighted by molar-refractivity contribution is 5.53. The molecular formula is C15H25N3O. The fourth-order valence-electron chi connectivity index (χ4n) is 2.61. The Labute approximate surface area is 116 Å². The van der Waals surface area contributed by atoms with Gasteiger partial charge >= 0.3 is 0 Å². The minimum atomic E-state index is 0.370. The van der Waals surface area contributed by atoms with E-state index in [0.29, 0.717) is 6.10 Å². The van der Waals surface area contributed by atoms with Crippen molar-refractivity contribution in [2.24, 2.45) is 0 Å². The zero-order valence-electron chi connectivity index (χ0n) is 12.3. The van der Waals surface area contributed by atoms with Gasteiger partial charge in [-0.05, 0) is 39.3 Å². The van der Waals surface area contributed by atoms with E-state index in [1.807, 2.05) is 20.2 Å². The van der Waals surface area contributed by atoms with Crippen molar-refractivity contribution >= 4 is 5.69 Å². The van der Waals surface area contributed by atoms with Gasteiger partial charge in [0.15, 0.2) is 0 Å². The zero-order valence-corrected chi connectivity index (χ0v) is 12.3. The van der Waals surface area contributed by atoms with Crippen molar-refractivity contribution in [1.82, 2.24) is 10.3 Å². The molecule has 1 aliphatic rings. The van der Waals surface area contributed by atoms with Gasteiger partial charge in [0.25, 0.3) is 0 Å². The van der Waals surface area contributed by atoms with Crippen molar-refractivity contribution in [3.05, 3.63) is 23.5 Å². The third-order valence-corrected chi connectivity index (χ3v) is 3.63. The largest absolute Gasteiger partial charge is 0.376 e. The van der Waals surface area contributed by atoms with Gasteiger partial charge < -0.3 is 15.0 Å². The number of anilines is 1. The summed E-state index contributed by atoms with van der Waals surface area (Å²) in [6.45, 7) is 4.76. The second-order valence-corrected chi connectivity index (χ2v) is 5.35. The summed E-state index contributed by atoms with van der Waals surface area (Å²) in [5.74, 6) is 0. The molecule has 19 heavy (non-hydrogen) atoms. The van der Waals surface area contributed by atoms with Crippen LogP contribution < -0.4 is 10.2 Å². The summed E-state index contributed by atoms with van der Waals surface area (Å²) >= 11 is 0. The predicted molar refractivity (Wildman–Crippen MR) is 78.6 cm³/mol. The van der Waals surface area contributed by atoms with Gasteiger partial charge in [-0.3, -0.25) is 4.98 Å². The van der Waals surface area contributed by atoms with Crippen LogP contribution in [0.2, 0.25) is 0 Å². The molecule has 1 unspecified atom stereocenters. The van der Waals surface area contributed by atoms with Crippen molar-refractivity contribution < 1.29 is 4.74 Å². The Morgan fingerprint density at radius 3 is 3.00 bits per heavy atom. The molecule has 4 heteroatoms. The molecule has 1 saturated heterocycles. The number of rotatable bonds is 5. The van der Waals surface area contributed by atoms with E-state index in [0.717, 1.165) is 25.4 Å². The third kappa shape index (κ3) is 3.91. The number of nitrogens with one attached hydrogen (secondary N) is 1. The maximum atomic E-state index is 5.83. The zero-order chi connectivity index (χ0) is 13.7. The molecule has 2 rings (SSSR count). The number of aromatic nitrogens is 1. The second-order valence-electron chi connectivity index (χ2n) is 5.35. The van der Waals surface area contributed by atoms with Crippen LogP contribution in [0, 0.1) is 6.92 Å². The topological polar surface area (TPSA) is 37.4 Å². The van der Waals surface area contributed by atoms with E-state index in [2.05, 4.69) is 28.3 Å². The Hall–Kier alpha value is -1.13. The van der Waals surface area contributed by atoms with Crippen LogP contribution in [0.3, 0.4) is 0 Å². The summed E-state index contributed by atoms with van der Waals surface area (Å²) in [5.41, 5.74) is 3.56. The van der Waals surface area contributed by atoms with Crippen LogP contribution in [-0.4, -0.2) is 38.3 Å². The Morgan fingerprint density at radius 2 is 2.32 bits per heavy atom. The highest BCUT2D eigenvalue weighted by Crippen LogP contribution is 2.22. The molecule has 2 heterocycles. The van der Waals surface area contributed by atoms with Gasteiger partial charge in [0.2, 0.25) is 0 Å². The van der Waals surface area contributed by atoms with E-state index >= 15 is 0 Å². The molecule has 1 atom stereocenters. The lowest BCUT2D eigenvalue weighted by atomic mass is 10.1. The molecule has 1 aromatic rings. The Bertz CT molecular complexity index is 402. The van der Waals surface area contributed by atoms with E-state index in [1.54, 1.807) is 0 Å². The summed E-state index contributed by atoms with van der Waals surface area (Å²) in [6, 6.07) is 2.16. The number of likely N-dealkylation sites (N-methyl/N-ethyl adjacent to an activating group) is 1. The maximum absolute atomic E-state index is 5.83. The molecule has 1 aromatic heterocycles. The molecule has 0 aliphatic carbocycles. The van der Waals surface area contributed by atoms with Gasteiger partial charge in [-0.1, -0.05) is 0 Å². The molecule has 1 N–H and O–H groups in total. The minimum Gasteiger partial charge on any atom is -0.376 e. The summed E-state index contributed by atoms with van der Waals surface area (Å²) in [6.07, 6.45) is 6.01. The van der Waals surface area contributed by atoms with Crippen molar-refractivity contribution in [1.29, 1.82) is 0 Å². The fraction of sp³-hybridized carbons (Fsp3) is 0.667. The number of nitrogens with zero attached hydrogens (tertiary/aromatic N) is 2. The van der Waals surface area contributed by atoms with E-state index < -0.39 is 0 Å². The molecule has 1 fully saturated rings. The Balaban J connectivity index is 2.07. The lowest BCUT2D eigenvalue weighted by Crippen LogP contribution is -2.34. The third-order valence-electron chi connectivity index (χ3n) is 3.63. The standard InChI is InChI=1S/C15H25N3O/c1-12-8-15(13(9-16-2)10-17-12)18(3)11-14-6-4-5-7-19-14/h8,10,14,16H,4-7,9,11H2,1-3H3. The highest BCUT2D eigenvalue weighted by atomic mass is 16.5. The first-order chi connectivity index (χ1) is 9.20. The lowest BCUT2D eigenvalue weighted by Gasteiger charge is -2.30. The average Bonchev–Trinajstić information content (AvgIpc) is 2.42. The first-order valence-corrected chi connectivity index (χ1v) is 7.13. The van der Waals surface area contributed by atoms with E-state index in [1.165, 1.54) is 30.5 Å². The fourth-order valence-corrected chi connectivity index (χ4v) is 2.61. The van der Waals surface area contributed by atoms with Crippen LogP contribution >= 0.6 is 0 Å². The van der Waals surface area contributed by atoms with E-state index in [9.17, 15) is 0 Å². The first-order valence-electron chi connectivity index (χ1n) is 7.13. The lowest BCUT2D eigenvalue weighted by molar-refractivity contribution is 0.0216. The predicted octanol–water partition coefficient (Wildman–Crippen LogP) is 2.11. The highest BCUT2D eigenvalue weighted by Gasteiger charge is 2.17. The van der Waals surface area contributed by atoms with Crippen LogP contribution in [-0.2, 0) is 11.3 Å². The van der Waals surface area contributed by atoms with Gasteiger partial charge in [-0.25, -0.2) is 0 Å². The van der Waals surface area contributed by atoms with Crippen LogP contribution in [0.4, 0.5) is 5.69 Å². The normalized spacial score (nSPS) is 19.4. The van der Waals surface area contributed by atoms with Gasteiger partial charge in [-0.15, -0.1) is 0 Å². The number of aryl methyl sites for hydroxylation is 1. The minimum absolute atomic E-state index is 0.370. The van der Waals surface area contributed by atoms with Crippen LogP contribution in [0.5, 0.6) is 0 Å². The second kappa shape index (κ2) is 6.87. The van der Waals surface area contributed by atoms with Crippen molar-refractivity contribution in [2.45, 2.75) is 38.8 Å². The molecule has 0 bridgehead atoms. The molecular weight excluding hydrogens is 238 g/mol. The van der Waals surface area contributed by atoms with Crippen molar-refractivity contribution in [3.8, 4) is 0 Å². The number of hydrogen-bond acceptors (Lipinski definition) is 4.